The highest BCUT2D eigenvalue weighted by atomic mass is 19.1. The average Bonchev–Trinajstić information content (AvgIpc) is 3.02. The maximum Gasteiger partial charge on any atom is 0.326 e. The van der Waals surface area contributed by atoms with Crippen LogP contribution in [0.4, 0.5) is 4.39 Å². The van der Waals surface area contributed by atoms with Crippen molar-refractivity contribution in [2.45, 2.75) is 38.8 Å². The van der Waals surface area contributed by atoms with Gasteiger partial charge in [0.2, 0.25) is 0 Å². The van der Waals surface area contributed by atoms with Crippen LogP contribution in [0.3, 0.4) is 0 Å². The molecule has 0 spiro atoms. The summed E-state index contributed by atoms with van der Waals surface area (Å²) in [5.74, 6) is -2.29. The van der Waals surface area contributed by atoms with Crippen LogP contribution in [0.25, 0.3) is 5.69 Å². The highest BCUT2D eigenvalue weighted by Gasteiger charge is 2.23. The standard InChI is InChI=1S/C18H22FN3O4/c1-18(2,3)26-11-9-14(17(24)25)20-16(23)13-8-10-22(21-13)15-7-5-4-6-12(15)19/h4-8,10,14H,9,11H2,1-3H3,(H,20,23)(H,24,25). The zero-order valence-electron chi connectivity index (χ0n) is 14.9. The molecule has 2 rings (SSSR count). The molecule has 8 heteroatoms. The van der Waals surface area contributed by atoms with E-state index in [2.05, 4.69) is 10.4 Å². The lowest BCUT2D eigenvalue weighted by atomic mass is 10.1. The van der Waals surface area contributed by atoms with Crippen LogP contribution in [0.1, 0.15) is 37.7 Å². The molecule has 1 amide bonds. The molecule has 1 aromatic carbocycles. The fourth-order valence-electron chi connectivity index (χ4n) is 2.19. The van der Waals surface area contributed by atoms with Crippen LogP contribution >= 0.6 is 0 Å². The van der Waals surface area contributed by atoms with Gasteiger partial charge in [0.1, 0.15) is 17.5 Å². The number of carbonyl (C=O) groups excluding carboxylic acids is 1. The van der Waals surface area contributed by atoms with E-state index in [1.807, 2.05) is 20.8 Å². The number of para-hydroxylation sites is 1. The number of carboxylic acid groups (broad SMARTS) is 1. The number of aromatic nitrogens is 2. The van der Waals surface area contributed by atoms with Gasteiger partial charge in [0.05, 0.1) is 5.60 Å². The summed E-state index contributed by atoms with van der Waals surface area (Å²) in [5, 5.41) is 15.7. The number of halogens is 1. The van der Waals surface area contributed by atoms with Crippen molar-refractivity contribution in [3.63, 3.8) is 0 Å². The molecule has 2 N–H and O–H groups in total. The molecule has 0 radical (unpaired) electrons. The molecule has 0 saturated carbocycles. The Bertz CT molecular complexity index is 783. The number of benzene rings is 1. The van der Waals surface area contributed by atoms with E-state index in [0.717, 1.165) is 0 Å². The Balaban J connectivity index is 2.03. The van der Waals surface area contributed by atoms with E-state index in [1.165, 1.54) is 29.1 Å². The van der Waals surface area contributed by atoms with E-state index < -0.39 is 29.3 Å². The van der Waals surface area contributed by atoms with Gasteiger partial charge in [-0.2, -0.15) is 5.10 Å². The zero-order chi connectivity index (χ0) is 19.3. The van der Waals surface area contributed by atoms with Crippen LogP contribution in [-0.4, -0.2) is 45.0 Å². The second-order valence-corrected chi connectivity index (χ2v) is 6.71. The molecular weight excluding hydrogens is 341 g/mol. The van der Waals surface area contributed by atoms with Crippen LogP contribution in [0, 0.1) is 5.82 Å². The smallest absolute Gasteiger partial charge is 0.326 e. The quantitative estimate of drug-likeness (QED) is 0.788. The molecule has 7 nitrogen and oxygen atoms in total. The largest absolute Gasteiger partial charge is 0.480 e. The van der Waals surface area contributed by atoms with Gasteiger partial charge in [0, 0.05) is 19.2 Å². The fourth-order valence-corrected chi connectivity index (χ4v) is 2.19. The number of amides is 1. The second-order valence-electron chi connectivity index (χ2n) is 6.71. The molecular formula is C18H22FN3O4. The summed E-state index contributed by atoms with van der Waals surface area (Å²) in [7, 11) is 0. The van der Waals surface area contributed by atoms with Crippen LogP contribution in [0.5, 0.6) is 0 Å². The SMILES string of the molecule is CC(C)(C)OCCC(NC(=O)c1ccn(-c2ccccc2F)n1)C(=O)O. The van der Waals surface area contributed by atoms with Crippen molar-refractivity contribution in [2.75, 3.05) is 6.61 Å². The minimum Gasteiger partial charge on any atom is -0.480 e. The molecule has 1 aromatic heterocycles. The molecule has 0 saturated heterocycles. The first-order valence-corrected chi connectivity index (χ1v) is 8.15. The molecule has 0 fully saturated rings. The van der Waals surface area contributed by atoms with E-state index in [0.29, 0.717) is 0 Å². The Morgan fingerprint density at radius 1 is 1.31 bits per heavy atom. The molecule has 1 atom stereocenters. The van der Waals surface area contributed by atoms with Crippen molar-refractivity contribution in [1.82, 2.24) is 15.1 Å². The Morgan fingerprint density at radius 3 is 2.62 bits per heavy atom. The van der Waals surface area contributed by atoms with E-state index in [-0.39, 0.29) is 24.4 Å². The van der Waals surface area contributed by atoms with Crippen LogP contribution in [-0.2, 0) is 9.53 Å². The second kappa shape index (κ2) is 8.09. The Labute approximate surface area is 150 Å². The molecule has 0 aliphatic heterocycles. The Morgan fingerprint density at radius 2 is 2.00 bits per heavy atom. The van der Waals surface area contributed by atoms with Crippen LogP contribution in [0.2, 0.25) is 0 Å². The predicted molar refractivity (Wildman–Crippen MR) is 92.7 cm³/mol. The summed E-state index contributed by atoms with van der Waals surface area (Å²) < 4.78 is 20.5. The van der Waals surface area contributed by atoms with Crippen molar-refractivity contribution in [2.24, 2.45) is 0 Å². The van der Waals surface area contributed by atoms with Gasteiger partial charge in [-0.1, -0.05) is 12.1 Å². The first kappa shape index (κ1) is 19.6. The van der Waals surface area contributed by atoms with E-state index in [1.54, 1.807) is 12.1 Å². The van der Waals surface area contributed by atoms with Crippen molar-refractivity contribution >= 4 is 11.9 Å². The lowest BCUT2D eigenvalue weighted by Gasteiger charge is -2.21. The number of aliphatic carboxylic acids is 1. The minimum atomic E-state index is -1.16. The topological polar surface area (TPSA) is 93.5 Å². The van der Waals surface area contributed by atoms with Crippen LogP contribution in [0.15, 0.2) is 36.5 Å². The highest BCUT2D eigenvalue weighted by molar-refractivity contribution is 5.94. The summed E-state index contributed by atoms with van der Waals surface area (Å²) in [6.45, 7) is 5.76. The van der Waals surface area contributed by atoms with Crippen molar-refractivity contribution in [3.8, 4) is 5.69 Å². The van der Waals surface area contributed by atoms with Crippen LogP contribution < -0.4 is 5.32 Å². The van der Waals surface area contributed by atoms with Crippen molar-refractivity contribution in [3.05, 3.63) is 48.0 Å². The molecule has 2 aromatic rings. The van der Waals surface area contributed by atoms with E-state index >= 15 is 0 Å². The number of ether oxygens (including phenoxy) is 1. The third-order valence-corrected chi connectivity index (χ3v) is 3.47. The molecule has 0 aliphatic rings. The number of hydrogen-bond acceptors (Lipinski definition) is 4. The Hall–Kier alpha value is -2.74. The lowest BCUT2D eigenvalue weighted by Crippen LogP contribution is -2.42. The lowest BCUT2D eigenvalue weighted by molar-refractivity contribution is -0.140. The summed E-state index contributed by atoms with van der Waals surface area (Å²) in [4.78, 5) is 23.6. The number of nitrogens with zero attached hydrogens (tertiary/aromatic N) is 2. The normalized spacial score (nSPS) is 12.6. The fraction of sp³-hybridized carbons (Fsp3) is 0.389. The van der Waals surface area contributed by atoms with E-state index in [9.17, 15) is 19.1 Å². The van der Waals surface area contributed by atoms with Crippen molar-refractivity contribution in [1.29, 1.82) is 0 Å². The summed E-state index contributed by atoms with van der Waals surface area (Å²) in [6.07, 6.45) is 1.55. The molecule has 26 heavy (non-hydrogen) atoms. The predicted octanol–water partition coefficient (Wildman–Crippen LogP) is 2.40. The molecule has 0 aliphatic carbocycles. The van der Waals surface area contributed by atoms with Gasteiger partial charge in [-0.25, -0.2) is 13.9 Å². The first-order chi connectivity index (χ1) is 12.2. The Kier molecular flexibility index (Phi) is 6.10. The van der Waals surface area contributed by atoms with Gasteiger partial charge in [0.25, 0.3) is 5.91 Å². The summed E-state index contributed by atoms with van der Waals surface area (Å²) >= 11 is 0. The summed E-state index contributed by atoms with van der Waals surface area (Å²) in [6, 6.07) is 6.29. The number of carbonyl (C=O) groups is 2. The highest BCUT2D eigenvalue weighted by Crippen LogP contribution is 2.12. The number of nitrogens with one attached hydrogen (secondary N) is 1. The van der Waals surface area contributed by atoms with Crippen molar-refractivity contribution < 1.29 is 23.8 Å². The van der Waals surface area contributed by atoms with Gasteiger partial charge in [-0.05, 0) is 39.0 Å². The molecule has 140 valence electrons. The molecule has 0 bridgehead atoms. The molecule has 1 unspecified atom stereocenters. The monoisotopic (exact) mass is 363 g/mol. The van der Waals surface area contributed by atoms with Gasteiger partial charge in [0.15, 0.2) is 5.69 Å². The summed E-state index contributed by atoms with van der Waals surface area (Å²) in [5.41, 5.74) is -0.206. The first-order valence-electron chi connectivity index (χ1n) is 8.15. The van der Waals surface area contributed by atoms with Gasteiger partial charge in [-0.15, -0.1) is 0 Å². The third-order valence-electron chi connectivity index (χ3n) is 3.47. The number of hydrogen-bond donors (Lipinski definition) is 2. The maximum atomic E-state index is 13.8. The molecule has 1 heterocycles. The average molecular weight is 363 g/mol. The third kappa shape index (κ3) is 5.38. The van der Waals surface area contributed by atoms with E-state index in [4.69, 9.17) is 4.74 Å². The maximum absolute atomic E-state index is 13.8. The minimum absolute atomic E-state index is 0.00348. The van der Waals surface area contributed by atoms with Gasteiger partial charge in [-0.3, -0.25) is 4.79 Å². The van der Waals surface area contributed by atoms with Gasteiger partial charge >= 0.3 is 5.97 Å². The number of carboxylic acids is 1. The number of rotatable bonds is 7. The zero-order valence-corrected chi connectivity index (χ0v) is 14.9. The van der Waals surface area contributed by atoms with Gasteiger partial charge < -0.3 is 15.2 Å².